The average Bonchev–Trinajstić information content (AvgIpc) is 3.95. The Bertz CT molecular complexity index is 3490. The minimum absolute atomic E-state index is 1.17. The highest BCUT2D eigenvalue weighted by Gasteiger charge is 2.23. The fourth-order valence-electron chi connectivity index (χ4n) is 9.82. The third-order valence-corrected chi connectivity index (χ3v) is 13.5. The first-order valence-corrected chi connectivity index (χ1v) is 20.4. The lowest BCUT2D eigenvalue weighted by atomic mass is 9.90. The molecule has 57 heavy (non-hydrogen) atoms. The molecule has 0 aliphatic rings. The van der Waals surface area contributed by atoms with Crippen molar-refractivity contribution in [2.45, 2.75) is 0 Å². The van der Waals surface area contributed by atoms with E-state index >= 15 is 0 Å². The molecule has 3 heteroatoms. The van der Waals surface area contributed by atoms with Crippen molar-refractivity contribution < 1.29 is 0 Å². The van der Waals surface area contributed by atoms with Gasteiger partial charge in [-0.15, -0.1) is 11.3 Å². The van der Waals surface area contributed by atoms with Crippen LogP contribution in [0.25, 0.3) is 119 Å². The van der Waals surface area contributed by atoms with Crippen LogP contribution >= 0.6 is 11.3 Å². The molecule has 0 radical (unpaired) electrons. The summed E-state index contributed by atoms with van der Waals surface area (Å²) >= 11 is 1.95. The molecule has 3 heterocycles. The van der Waals surface area contributed by atoms with Crippen molar-refractivity contribution in [2.24, 2.45) is 0 Å². The number of rotatable bonds is 4. The maximum absolute atomic E-state index is 2.42. The van der Waals surface area contributed by atoms with Gasteiger partial charge in [0.1, 0.15) is 0 Å². The Labute approximate surface area is 332 Å². The van der Waals surface area contributed by atoms with Crippen LogP contribution in [0.2, 0.25) is 0 Å². The molecule has 0 unspecified atom stereocenters. The van der Waals surface area contributed by atoms with Gasteiger partial charge in [-0.3, -0.25) is 0 Å². The van der Waals surface area contributed by atoms with Crippen LogP contribution in [0.5, 0.6) is 0 Å². The van der Waals surface area contributed by atoms with Crippen molar-refractivity contribution in [2.75, 3.05) is 0 Å². The number of para-hydroxylation sites is 4. The molecule has 10 aromatic carbocycles. The normalized spacial score (nSPS) is 12.2. The van der Waals surface area contributed by atoms with Gasteiger partial charge in [-0.05, 0) is 92.3 Å². The van der Waals surface area contributed by atoms with E-state index in [-0.39, 0.29) is 0 Å². The number of fused-ring (bicyclic) bond motifs is 9. The molecule has 0 bridgehead atoms. The number of aromatic nitrogens is 2. The first-order chi connectivity index (χ1) is 28.3. The lowest BCUT2D eigenvalue weighted by Gasteiger charge is -2.13. The van der Waals surface area contributed by atoms with Crippen LogP contribution in [0.4, 0.5) is 0 Å². The molecular weight excluding hydrogens is 709 g/mol. The van der Waals surface area contributed by atoms with Gasteiger partial charge in [-0.2, -0.15) is 0 Å². The molecule has 0 amide bonds. The Morgan fingerprint density at radius 1 is 0.281 bits per heavy atom. The van der Waals surface area contributed by atoms with Crippen molar-refractivity contribution in [1.82, 2.24) is 9.13 Å². The molecule has 0 N–H and O–H groups in total. The summed E-state index contributed by atoms with van der Waals surface area (Å²) in [4.78, 5) is 0. The highest BCUT2D eigenvalue weighted by atomic mass is 32.1. The second-order valence-corrected chi connectivity index (χ2v) is 16.2. The third-order valence-electron chi connectivity index (χ3n) is 12.3. The van der Waals surface area contributed by atoms with Gasteiger partial charge < -0.3 is 9.13 Å². The summed E-state index contributed by atoms with van der Waals surface area (Å²) in [7, 11) is 0. The minimum atomic E-state index is 1.17. The molecule has 0 saturated carbocycles. The highest BCUT2D eigenvalue weighted by Crippen LogP contribution is 2.51. The van der Waals surface area contributed by atoms with Gasteiger partial charge in [0.2, 0.25) is 0 Å². The molecule has 0 fully saturated rings. The van der Waals surface area contributed by atoms with Crippen molar-refractivity contribution in [3.8, 4) is 33.6 Å². The molecule has 0 saturated heterocycles. The maximum atomic E-state index is 2.42. The zero-order valence-electron chi connectivity index (χ0n) is 30.8. The Kier molecular flexibility index (Phi) is 6.35. The molecule has 0 atom stereocenters. The number of hydrogen-bond acceptors (Lipinski definition) is 1. The van der Waals surface area contributed by atoms with E-state index in [2.05, 4.69) is 203 Å². The predicted molar refractivity (Wildman–Crippen MR) is 245 cm³/mol. The Balaban J connectivity index is 1.10. The topological polar surface area (TPSA) is 9.86 Å². The summed E-state index contributed by atoms with van der Waals surface area (Å²) in [6, 6.07) is 71.7. The predicted octanol–water partition coefficient (Wildman–Crippen LogP) is 15.3. The average molecular weight is 741 g/mol. The van der Waals surface area contributed by atoms with Crippen LogP contribution in [-0.2, 0) is 0 Å². The quantitative estimate of drug-likeness (QED) is 0.159. The molecule has 0 spiro atoms. The highest BCUT2D eigenvalue weighted by molar-refractivity contribution is 7.27. The van der Waals surface area contributed by atoms with Gasteiger partial charge in [0.25, 0.3) is 0 Å². The second-order valence-electron chi connectivity index (χ2n) is 15.2. The van der Waals surface area contributed by atoms with Gasteiger partial charge in [-0.25, -0.2) is 0 Å². The number of benzene rings is 10. The van der Waals surface area contributed by atoms with E-state index in [0.717, 1.165) is 0 Å². The summed E-state index contributed by atoms with van der Waals surface area (Å²) < 4.78 is 7.52. The Hall–Kier alpha value is -7.20. The molecule has 264 valence electrons. The monoisotopic (exact) mass is 740 g/mol. The van der Waals surface area contributed by atoms with E-state index in [9.17, 15) is 0 Å². The lowest BCUT2D eigenvalue weighted by Crippen LogP contribution is -1.93. The summed E-state index contributed by atoms with van der Waals surface area (Å²) in [6.07, 6.45) is 0. The van der Waals surface area contributed by atoms with Crippen molar-refractivity contribution >= 4 is 96.7 Å². The van der Waals surface area contributed by atoms with Gasteiger partial charge in [0, 0.05) is 53.1 Å². The SMILES string of the molecule is c1ccc(-n2c3ccccc3c3ccc(-c4ccc5c6ccccc6c6ccc(-c7ccc8c9ccccc9n(-c9ccccc9)c8c7)c7sc4c5c76)cc32)cc1. The molecule has 2 nitrogen and oxygen atoms in total. The van der Waals surface area contributed by atoms with Crippen LogP contribution in [0.1, 0.15) is 0 Å². The van der Waals surface area contributed by atoms with E-state index in [1.807, 2.05) is 11.3 Å². The molecule has 3 aromatic heterocycles. The summed E-state index contributed by atoms with van der Waals surface area (Å²) in [5.74, 6) is 0. The first-order valence-electron chi connectivity index (χ1n) is 19.6. The fraction of sp³-hybridized carbons (Fsp3) is 0. The minimum Gasteiger partial charge on any atom is -0.309 e. The van der Waals surface area contributed by atoms with Crippen molar-refractivity contribution in [3.05, 3.63) is 194 Å². The van der Waals surface area contributed by atoms with E-state index in [4.69, 9.17) is 0 Å². The zero-order valence-corrected chi connectivity index (χ0v) is 31.6. The van der Waals surface area contributed by atoms with Crippen molar-refractivity contribution in [1.29, 1.82) is 0 Å². The van der Waals surface area contributed by atoms with Crippen LogP contribution in [0.3, 0.4) is 0 Å². The molecule has 0 aliphatic heterocycles. The van der Waals surface area contributed by atoms with E-state index in [0.29, 0.717) is 0 Å². The molecule has 0 aliphatic carbocycles. The van der Waals surface area contributed by atoms with Crippen LogP contribution in [0.15, 0.2) is 194 Å². The van der Waals surface area contributed by atoms with E-state index in [1.165, 1.54) is 119 Å². The van der Waals surface area contributed by atoms with Gasteiger partial charge in [-0.1, -0.05) is 146 Å². The lowest BCUT2D eigenvalue weighted by molar-refractivity contribution is 1.18. The fourth-order valence-corrected chi connectivity index (χ4v) is 11.2. The summed E-state index contributed by atoms with van der Waals surface area (Å²) in [6.45, 7) is 0. The zero-order chi connectivity index (χ0) is 37.2. The number of nitrogens with zero attached hydrogens (tertiary/aromatic N) is 2. The Morgan fingerprint density at radius 3 is 1.11 bits per heavy atom. The van der Waals surface area contributed by atoms with E-state index in [1.54, 1.807) is 0 Å². The van der Waals surface area contributed by atoms with Crippen molar-refractivity contribution in [3.63, 3.8) is 0 Å². The second kappa shape index (κ2) is 11.7. The van der Waals surface area contributed by atoms with Gasteiger partial charge >= 0.3 is 0 Å². The molecule has 13 aromatic rings. The largest absolute Gasteiger partial charge is 0.309 e. The Morgan fingerprint density at radius 2 is 0.649 bits per heavy atom. The summed E-state index contributed by atoms with van der Waals surface area (Å²) in [5, 5.41) is 13.1. The molecular formula is C54H32N2S. The van der Waals surface area contributed by atoms with E-state index < -0.39 is 0 Å². The van der Waals surface area contributed by atoms with Crippen LogP contribution < -0.4 is 0 Å². The van der Waals surface area contributed by atoms with Crippen LogP contribution in [-0.4, -0.2) is 9.13 Å². The third kappa shape index (κ3) is 4.29. The van der Waals surface area contributed by atoms with Crippen LogP contribution in [0, 0.1) is 0 Å². The number of thiophene rings is 1. The van der Waals surface area contributed by atoms with Gasteiger partial charge in [0.05, 0.1) is 22.1 Å². The first kappa shape index (κ1) is 31.1. The van der Waals surface area contributed by atoms with Gasteiger partial charge in [0.15, 0.2) is 0 Å². The molecule has 13 rings (SSSR count). The number of hydrogen-bond donors (Lipinski definition) is 0. The smallest absolute Gasteiger partial charge is 0.0547 e. The summed E-state index contributed by atoms with van der Waals surface area (Å²) in [5.41, 5.74) is 12.3. The standard InChI is InChI=1S/C54H32N2S/c1-3-13-35(14-4-1)55-47-21-11-9-19-41(47)43-25-23-33(31-49(43)55)37-27-29-45-39-17-7-8-18-40(39)46-30-28-38(54-52(46)51(45)53(37)57-54)34-24-26-44-42-20-10-12-22-48(42)56(50(44)32-34)36-15-5-2-6-16-36/h1-32H. The maximum Gasteiger partial charge on any atom is 0.0547 e.